The quantitative estimate of drug-likeness (QED) is 0.506. The Kier molecular flexibility index (Phi) is 1.87. The van der Waals surface area contributed by atoms with E-state index in [2.05, 4.69) is 0 Å². The molecule has 1 aliphatic rings. The first-order valence-electron chi connectivity index (χ1n) is 3.66. The van der Waals surface area contributed by atoms with Gasteiger partial charge in [0.15, 0.2) is 0 Å². The topological polar surface area (TPSA) is 0 Å². The molecule has 62 valence electrons. The van der Waals surface area contributed by atoms with E-state index in [0.717, 1.165) is 0 Å². The Balaban J connectivity index is 3.01. The third kappa shape index (κ3) is 1.50. The number of hydrogen-bond donors (Lipinski definition) is 0. The second-order valence-electron chi connectivity index (χ2n) is 3.64. The average molecular weight is 158 g/mol. The highest BCUT2D eigenvalue weighted by Crippen LogP contribution is 2.40. The summed E-state index contributed by atoms with van der Waals surface area (Å²) >= 11 is 0. The maximum absolute atomic E-state index is 13.0. The monoisotopic (exact) mass is 158 g/mol. The van der Waals surface area contributed by atoms with Crippen LogP contribution in [0.4, 0.5) is 8.78 Å². The fourth-order valence-electron chi connectivity index (χ4n) is 1.08. The van der Waals surface area contributed by atoms with Gasteiger partial charge in [0, 0.05) is 11.8 Å². The van der Waals surface area contributed by atoms with E-state index in [0.29, 0.717) is 5.57 Å². The molecule has 0 fully saturated rings. The van der Waals surface area contributed by atoms with Crippen LogP contribution in [0.3, 0.4) is 0 Å². The minimum Gasteiger partial charge on any atom is -0.212 e. The summed E-state index contributed by atoms with van der Waals surface area (Å²) in [4.78, 5) is 0. The van der Waals surface area contributed by atoms with E-state index in [1.165, 1.54) is 6.08 Å². The molecule has 0 bridgehead atoms. The van der Waals surface area contributed by atoms with Crippen LogP contribution in [0.1, 0.15) is 27.2 Å². The minimum absolute atomic E-state index is 0.182. The molecular formula is C9H12F2. The van der Waals surface area contributed by atoms with Gasteiger partial charge in [-0.25, -0.2) is 8.78 Å². The first kappa shape index (κ1) is 8.44. The summed E-state index contributed by atoms with van der Waals surface area (Å²) in [6.45, 7) is 4.99. The minimum atomic E-state index is -0.649. The lowest BCUT2D eigenvalue weighted by atomic mass is 9.82. The summed E-state index contributed by atoms with van der Waals surface area (Å²) in [7, 11) is 0. The van der Waals surface area contributed by atoms with Gasteiger partial charge < -0.3 is 0 Å². The van der Waals surface area contributed by atoms with E-state index in [1.54, 1.807) is 20.8 Å². The zero-order chi connectivity index (χ0) is 8.65. The predicted molar refractivity (Wildman–Crippen MR) is 41.4 cm³/mol. The third-order valence-electron chi connectivity index (χ3n) is 2.01. The summed E-state index contributed by atoms with van der Waals surface area (Å²) in [5.41, 5.74) is -0.231. The average Bonchev–Trinajstić information content (AvgIpc) is 1.83. The van der Waals surface area contributed by atoms with Gasteiger partial charge in [-0.05, 0) is 18.6 Å². The predicted octanol–water partition coefficient (Wildman–Crippen LogP) is 3.51. The van der Waals surface area contributed by atoms with Crippen molar-refractivity contribution >= 4 is 0 Å². The second kappa shape index (κ2) is 2.43. The van der Waals surface area contributed by atoms with Gasteiger partial charge in [-0.2, -0.15) is 0 Å². The van der Waals surface area contributed by atoms with Crippen LogP contribution in [-0.4, -0.2) is 0 Å². The standard InChI is InChI=1S/C9H12F2/c1-6-4-8(11)9(2,3)5-7(6)10/h4H,5H2,1-3H3. The Bertz CT molecular complexity index is 234. The lowest BCUT2D eigenvalue weighted by Gasteiger charge is -2.25. The van der Waals surface area contributed by atoms with Crippen molar-refractivity contribution in [1.82, 2.24) is 0 Å². The summed E-state index contributed by atoms with van der Waals surface area (Å²) < 4.78 is 26.0. The van der Waals surface area contributed by atoms with Gasteiger partial charge >= 0.3 is 0 Å². The first-order chi connectivity index (χ1) is 4.93. The highest BCUT2D eigenvalue weighted by Gasteiger charge is 2.29. The molecule has 0 aromatic heterocycles. The van der Waals surface area contributed by atoms with E-state index in [9.17, 15) is 8.78 Å². The Hall–Kier alpha value is -0.660. The molecule has 0 atom stereocenters. The van der Waals surface area contributed by atoms with Crippen LogP contribution in [0.5, 0.6) is 0 Å². The first-order valence-corrected chi connectivity index (χ1v) is 3.66. The summed E-state index contributed by atoms with van der Waals surface area (Å²) in [5.74, 6) is -0.423. The van der Waals surface area contributed by atoms with Gasteiger partial charge in [0.1, 0.15) is 11.7 Å². The molecule has 1 rings (SSSR count). The van der Waals surface area contributed by atoms with Crippen molar-refractivity contribution in [1.29, 1.82) is 0 Å². The molecule has 0 heterocycles. The van der Waals surface area contributed by atoms with Crippen LogP contribution < -0.4 is 0 Å². The van der Waals surface area contributed by atoms with Gasteiger partial charge in [0.2, 0.25) is 0 Å². The number of halogens is 2. The lowest BCUT2D eigenvalue weighted by Crippen LogP contribution is -2.16. The molecule has 0 nitrogen and oxygen atoms in total. The largest absolute Gasteiger partial charge is 0.212 e. The summed E-state index contributed by atoms with van der Waals surface area (Å²) in [6.07, 6.45) is 1.46. The summed E-state index contributed by atoms with van der Waals surface area (Å²) in [6, 6.07) is 0. The van der Waals surface area contributed by atoms with E-state index in [-0.39, 0.29) is 18.1 Å². The van der Waals surface area contributed by atoms with E-state index < -0.39 is 5.41 Å². The molecule has 0 N–H and O–H groups in total. The van der Waals surface area contributed by atoms with Crippen LogP contribution in [0.25, 0.3) is 0 Å². The molecule has 0 aliphatic heterocycles. The van der Waals surface area contributed by atoms with Crippen LogP contribution in [0.2, 0.25) is 0 Å². The highest BCUT2D eigenvalue weighted by atomic mass is 19.1. The van der Waals surface area contributed by atoms with Crippen molar-refractivity contribution in [3.8, 4) is 0 Å². The van der Waals surface area contributed by atoms with Gasteiger partial charge in [-0.3, -0.25) is 0 Å². The van der Waals surface area contributed by atoms with Crippen LogP contribution >= 0.6 is 0 Å². The van der Waals surface area contributed by atoms with Gasteiger partial charge in [-0.1, -0.05) is 13.8 Å². The Labute approximate surface area is 65.6 Å². The van der Waals surface area contributed by atoms with E-state index in [1.807, 2.05) is 0 Å². The number of allylic oxidation sites excluding steroid dienone is 4. The van der Waals surface area contributed by atoms with Crippen LogP contribution in [0, 0.1) is 5.41 Å². The van der Waals surface area contributed by atoms with Crippen molar-refractivity contribution in [2.75, 3.05) is 0 Å². The number of rotatable bonds is 0. The molecule has 0 saturated heterocycles. The van der Waals surface area contributed by atoms with Gasteiger partial charge in [-0.15, -0.1) is 0 Å². The van der Waals surface area contributed by atoms with Crippen molar-refractivity contribution in [2.45, 2.75) is 27.2 Å². The highest BCUT2D eigenvalue weighted by molar-refractivity contribution is 5.30. The molecule has 0 saturated carbocycles. The van der Waals surface area contributed by atoms with E-state index in [4.69, 9.17) is 0 Å². The second-order valence-corrected chi connectivity index (χ2v) is 3.64. The van der Waals surface area contributed by atoms with Gasteiger partial charge in [0.05, 0.1) is 0 Å². The molecule has 1 aliphatic carbocycles. The maximum atomic E-state index is 13.0. The van der Waals surface area contributed by atoms with Crippen molar-refractivity contribution < 1.29 is 8.78 Å². The summed E-state index contributed by atoms with van der Waals surface area (Å²) in [5, 5.41) is 0. The molecule has 0 aromatic carbocycles. The zero-order valence-electron chi connectivity index (χ0n) is 7.04. The van der Waals surface area contributed by atoms with Crippen LogP contribution in [0.15, 0.2) is 23.3 Å². The normalized spacial score (nSPS) is 23.5. The maximum Gasteiger partial charge on any atom is 0.106 e. The smallest absolute Gasteiger partial charge is 0.106 e. The fraction of sp³-hybridized carbons (Fsp3) is 0.556. The van der Waals surface area contributed by atoms with E-state index >= 15 is 0 Å². The molecule has 11 heavy (non-hydrogen) atoms. The van der Waals surface area contributed by atoms with Crippen molar-refractivity contribution in [3.63, 3.8) is 0 Å². The Morgan fingerprint density at radius 1 is 1.36 bits per heavy atom. The Morgan fingerprint density at radius 3 is 2.36 bits per heavy atom. The number of hydrogen-bond acceptors (Lipinski definition) is 0. The molecule has 0 unspecified atom stereocenters. The molecular weight excluding hydrogens is 146 g/mol. The van der Waals surface area contributed by atoms with Crippen LogP contribution in [-0.2, 0) is 0 Å². The molecule has 0 radical (unpaired) electrons. The van der Waals surface area contributed by atoms with Crippen molar-refractivity contribution in [2.24, 2.45) is 5.41 Å². The molecule has 2 heteroatoms. The van der Waals surface area contributed by atoms with Crippen molar-refractivity contribution in [3.05, 3.63) is 23.3 Å². The van der Waals surface area contributed by atoms with Gasteiger partial charge in [0.25, 0.3) is 0 Å². The molecule has 0 amide bonds. The third-order valence-corrected chi connectivity index (χ3v) is 2.01. The fourth-order valence-corrected chi connectivity index (χ4v) is 1.08. The molecule has 0 aromatic rings. The SMILES string of the molecule is CC1=C(F)CC(C)(C)C(F)=C1. The zero-order valence-corrected chi connectivity index (χ0v) is 7.04. The lowest BCUT2D eigenvalue weighted by molar-refractivity contribution is 0.312. The Morgan fingerprint density at radius 2 is 1.91 bits per heavy atom. The molecule has 0 spiro atoms.